The van der Waals surface area contributed by atoms with Gasteiger partial charge in [-0.25, -0.2) is 0 Å². The van der Waals surface area contributed by atoms with Crippen LogP contribution in [0.4, 0.5) is 0 Å². The van der Waals surface area contributed by atoms with E-state index in [0.717, 1.165) is 6.42 Å². The smallest absolute Gasteiger partial charge is 0.195 e. The molecule has 1 aliphatic heterocycles. The molecule has 0 aliphatic carbocycles. The Morgan fingerprint density at radius 3 is 1.62 bits per heavy atom. The molecule has 0 saturated carbocycles. The Hall–Kier alpha value is 0.314. The Labute approximate surface area is 153 Å². The maximum Gasteiger partial charge on any atom is 0.195 e. The summed E-state index contributed by atoms with van der Waals surface area (Å²) in [5.74, 6) is 0.374. The normalized spacial score (nSPS) is 30.0. The number of hydrogen-bond acceptors (Lipinski definition) is 3. The molecule has 4 atom stereocenters. The molecular formula is C19H42O3Si2. The Bertz CT molecular complexity index is 421. The highest BCUT2D eigenvalue weighted by atomic mass is 28.4. The molecule has 144 valence electrons. The van der Waals surface area contributed by atoms with E-state index in [1.165, 1.54) is 0 Å². The first kappa shape index (κ1) is 22.4. The van der Waals surface area contributed by atoms with Crippen molar-refractivity contribution in [1.29, 1.82) is 0 Å². The third-order valence-electron chi connectivity index (χ3n) is 6.54. The van der Waals surface area contributed by atoms with Gasteiger partial charge in [-0.2, -0.15) is 0 Å². The summed E-state index contributed by atoms with van der Waals surface area (Å²) in [6.45, 7) is 27.4. The van der Waals surface area contributed by atoms with Gasteiger partial charge < -0.3 is 13.6 Å². The van der Waals surface area contributed by atoms with Gasteiger partial charge in [0.25, 0.3) is 0 Å². The van der Waals surface area contributed by atoms with Crippen LogP contribution >= 0.6 is 0 Å². The van der Waals surface area contributed by atoms with E-state index >= 15 is 0 Å². The van der Waals surface area contributed by atoms with Crippen LogP contribution in [-0.4, -0.2) is 35.1 Å². The highest BCUT2D eigenvalue weighted by Gasteiger charge is 2.51. The second-order valence-corrected chi connectivity index (χ2v) is 20.0. The van der Waals surface area contributed by atoms with Gasteiger partial charge in [0, 0.05) is 5.92 Å². The van der Waals surface area contributed by atoms with Gasteiger partial charge in [-0.3, -0.25) is 0 Å². The van der Waals surface area contributed by atoms with Gasteiger partial charge in [-0.15, -0.1) is 0 Å². The molecule has 0 N–H and O–H groups in total. The lowest BCUT2D eigenvalue weighted by molar-refractivity contribution is -0.114. The largest absolute Gasteiger partial charge is 0.408 e. The zero-order valence-corrected chi connectivity index (χ0v) is 20.2. The van der Waals surface area contributed by atoms with Gasteiger partial charge >= 0.3 is 0 Å². The summed E-state index contributed by atoms with van der Waals surface area (Å²) in [4.78, 5) is 0. The van der Waals surface area contributed by atoms with Gasteiger partial charge in [-0.1, -0.05) is 55.4 Å². The molecule has 24 heavy (non-hydrogen) atoms. The highest BCUT2D eigenvalue weighted by Crippen LogP contribution is 2.44. The van der Waals surface area contributed by atoms with Crippen molar-refractivity contribution in [2.45, 2.75) is 117 Å². The zero-order valence-electron chi connectivity index (χ0n) is 18.2. The van der Waals surface area contributed by atoms with Crippen LogP contribution in [0.15, 0.2) is 0 Å². The highest BCUT2D eigenvalue weighted by molar-refractivity contribution is 6.74. The summed E-state index contributed by atoms with van der Waals surface area (Å²) in [6.07, 6.45) is 1.06. The monoisotopic (exact) mass is 374 g/mol. The first-order chi connectivity index (χ1) is 10.5. The summed E-state index contributed by atoms with van der Waals surface area (Å²) in [5.41, 5.74) is 0. The summed E-state index contributed by atoms with van der Waals surface area (Å²) in [7, 11) is -3.76. The van der Waals surface area contributed by atoms with Gasteiger partial charge in [0.05, 0.1) is 6.10 Å². The molecule has 0 aromatic heterocycles. The minimum atomic E-state index is -1.89. The van der Waals surface area contributed by atoms with E-state index in [4.69, 9.17) is 13.6 Å². The average Bonchev–Trinajstić information content (AvgIpc) is 2.63. The van der Waals surface area contributed by atoms with Crippen LogP contribution < -0.4 is 0 Å². The van der Waals surface area contributed by atoms with Crippen molar-refractivity contribution in [3.05, 3.63) is 0 Å². The van der Waals surface area contributed by atoms with Gasteiger partial charge in [0.1, 0.15) is 6.10 Å². The first-order valence-electron chi connectivity index (χ1n) is 9.54. The molecule has 1 aliphatic rings. The maximum atomic E-state index is 6.79. The fourth-order valence-electron chi connectivity index (χ4n) is 2.54. The Morgan fingerprint density at radius 2 is 1.25 bits per heavy atom. The van der Waals surface area contributed by atoms with Crippen LogP contribution in [0.2, 0.25) is 36.3 Å². The molecule has 1 heterocycles. The Balaban J connectivity index is 3.05. The summed E-state index contributed by atoms with van der Waals surface area (Å²) < 4.78 is 19.8. The third-order valence-corrected chi connectivity index (χ3v) is 15.4. The first-order valence-corrected chi connectivity index (χ1v) is 15.4. The molecule has 0 spiro atoms. The molecular weight excluding hydrogens is 332 g/mol. The van der Waals surface area contributed by atoms with Crippen molar-refractivity contribution in [2.24, 2.45) is 5.92 Å². The van der Waals surface area contributed by atoms with Crippen LogP contribution in [0.5, 0.6) is 0 Å². The topological polar surface area (TPSA) is 27.7 Å². The van der Waals surface area contributed by atoms with Crippen molar-refractivity contribution >= 4 is 16.6 Å². The van der Waals surface area contributed by atoms with E-state index in [-0.39, 0.29) is 28.6 Å². The van der Waals surface area contributed by atoms with Crippen LogP contribution in [0.25, 0.3) is 0 Å². The number of rotatable bonds is 5. The van der Waals surface area contributed by atoms with Crippen LogP contribution in [0.3, 0.4) is 0 Å². The van der Waals surface area contributed by atoms with Crippen LogP contribution in [-0.2, 0) is 13.6 Å². The predicted molar refractivity (Wildman–Crippen MR) is 108 cm³/mol. The van der Waals surface area contributed by atoms with Gasteiger partial charge in [-0.05, 0) is 42.7 Å². The minimum Gasteiger partial charge on any atom is -0.408 e. The van der Waals surface area contributed by atoms with Crippen molar-refractivity contribution in [2.75, 3.05) is 0 Å². The van der Waals surface area contributed by atoms with Crippen LogP contribution in [0.1, 0.15) is 61.8 Å². The second-order valence-electron chi connectivity index (χ2n) is 10.5. The molecule has 3 nitrogen and oxygen atoms in total. The Morgan fingerprint density at radius 1 is 0.833 bits per heavy atom. The average molecular weight is 375 g/mol. The SMILES string of the molecule is CC[C@H]1OC(O[Si](C)(C)C(C)(C)C)[C@H](O[Si](C)(C)C(C)(C)C)[C@@H]1C. The van der Waals surface area contributed by atoms with Crippen LogP contribution in [0, 0.1) is 5.92 Å². The second kappa shape index (κ2) is 7.14. The number of hydrogen-bond donors (Lipinski definition) is 0. The zero-order chi connectivity index (χ0) is 19.1. The molecule has 1 fully saturated rings. The minimum absolute atomic E-state index is 0.0463. The molecule has 0 aromatic carbocycles. The summed E-state index contributed by atoms with van der Waals surface area (Å²) in [5, 5.41) is 0.365. The molecule has 0 amide bonds. The molecule has 0 bridgehead atoms. The number of ether oxygens (including phenoxy) is 1. The third kappa shape index (κ3) is 4.73. The quantitative estimate of drug-likeness (QED) is 0.538. The molecule has 0 aromatic rings. The lowest BCUT2D eigenvalue weighted by atomic mass is 9.99. The summed E-state index contributed by atoms with van der Waals surface area (Å²) in [6, 6.07) is 0. The van der Waals surface area contributed by atoms with Crippen molar-refractivity contribution in [1.82, 2.24) is 0 Å². The fourth-order valence-corrected chi connectivity index (χ4v) is 5.03. The van der Waals surface area contributed by atoms with E-state index in [9.17, 15) is 0 Å². The van der Waals surface area contributed by atoms with Crippen molar-refractivity contribution in [3.63, 3.8) is 0 Å². The van der Waals surface area contributed by atoms with E-state index in [0.29, 0.717) is 5.92 Å². The molecule has 1 saturated heterocycles. The maximum absolute atomic E-state index is 6.79. The standard InChI is InChI=1S/C19H42O3Si2/c1-13-15-14(2)16(21-23(9,10)18(3,4)5)17(20-15)22-24(11,12)19(6,7)8/h14-17H,13H2,1-12H3/t14-,15-,16-,17?/m1/s1. The van der Waals surface area contributed by atoms with E-state index in [1.807, 2.05) is 0 Å². The van der Waals surface area contributed by atoms with E-state index < -0.39 is 16.6 Å². The molecule has 1 unspecified atom stereocenters. The molecule has 0 radical (unpaired) electrons. The lowest BCUT2D eigenvalue weighted by Gasteiger charge is -2.43. The predicted octanol–water partition coefficient (Wildman–Crippen LogP) is 6.17. The van der Waals surface area contributed by atoms with Crippen molar-refractivity contribution < 1.29 is 13.6 Å². The van der Waals surface area contributed by atoms with E-state index in [1.54, 1.807) is 0 Å². The van der Waals surface area contributed by atoms with Crippen molar-refractivity contribution in [3.8, 4) is 0 Å². The van der Waals surface area contributed by atoms with Gasteiger partial charge in [0.2, 0.25) is 0 Å². The summed E-state index contributed by atoms with van der Waals surface area (Å²) >= 11 is 0. The fraction of sp³-hybridized carbons (Fsp3) is 1.00. The lowest BCUT2D eigenvalue weighted by Crippen LogP contribution is -2.51. The molecule has 1 rings (SSSR count). The van der Waals surface area contributed by atoms with E-state index in [2.05, 4.69) is 81.6 Å². The molecule has 5 heteroatoms. The van der Waals surface area contributed by atoms with Gasteiger partial charge in [0.15, 0.2) is 22.9 Å². The Kier molecular flexibility index (Phi) is 6.65.